The predicted molar refractivity (Wildman–Crippen MR) is 202 cm³/mol. The van der Waals surface area contributed by atoms with Crippen LogP contribution in [0.4, 0.5) is 23.1 Å². The van der Waals surface area contributed by atoms with E-state index in [1.165, 1.54) is 13.2 Å². The molecule has 3 aliphatic heterocycles. The second-order valence-corrected chi connectivity index (χ2v) is 14.0. The molecule has 4 aliphatic rings. The molecule has 0 spiro atoms. The van der Waals surface area contributed by atoms with Crippen molar-refractivity contribution in [1.29, 1.82) is 5.26 Å². The van der Waals surface area contributed by atoms with Crippen LogP contribution in [0.15, 0.2) is 48.9 Å². The van der Waals surface area contributed by atoms with Gasteiger partial charge in [-0.3, -0.25) is 38.8 Å². The minimum absolute atomic E-state index is 0.0297. The Hall–Kier alpha value is -6.83. The van der Waals surface area contributed by atoms with Crippen LogP contribution in [0.5, 0.6) is 5.75 Å². The zero-order chi connectivity index (χ0) is 39.1. The Morgan fingerprint density at radius 3 is 2.61 bits per heavy atom. The van der Waals surface area contributed by atoms with Gasteiger partial charge >= 0.3 is 0 Å². The Kier molecular flexibility index (Phi) is 9.54. The lowest BCUT2D eigenvalue weighted by molar-refractivity contribution is -0.136. The van der Waals surface area contributed by atoms with Gasteiger partial charge < -0.3 is 25.6 Å². The molecular weight excluding hydrogens is 718 g/mol. The third-order valence-electron chi connectivity index (χ3n) is 10.8. The van der Waals surface area contributed by atoms with Crippen molar-refractivity contribution in [2.75, 3.05) is 35.7 Å². The van der Waals surface area contributed by atoms with Crippen LogP contribution in [-0.2, 0) is 9.59 Å². The zero-order valence-corrected chi connectivity index (χ0v) is 30.8. The molecule has 1 unspecified atom stereocenters. The quantitative estimate of drug-likeness (QED) is 0.127. The third kappa shape index (κ3) is 6.22. The number of hydrogen-bond donors (Lipinski definition) is 4. The molecule has 17 nitrogen and oxygen atoms in total. The summed E-state index contributed by atoms with van der Waals surface area (Å²) in [5.41, 5.74) is 3.62. The highest BCUT2D eigenvalue weighted by Crippen LogP contribution is 2.45. The SMILES string of the molecule is CC[C@@H]1c2c(C#N)ncn2-c2cnc(Nc3ccc(C(=O)NCCNc4cccc5c4C(=O)N(C4CCC(=O)NC4=O)C5=O)cc3OC)nc2N1C1CCCC1. The van der Waals surface area contributed by atoms with Crippen molar-refractivity contribution in [3.05, 3.63) is 77.0 Å². The van der Waals surface area contributed by atoms with E-state index in [1.54, 1.807) is 42.9 Å². The highest BCUT2D eigenvalue weighted by Gasteiger charge is 2.46. The molecule has 1 saturated heterocycles. The molecule has 286 valence electrons. The van der Waals surface area contributed by atoms with Gasteiger partial charge in [-0.05, 0) is 56.0 Å². The summed E-state index contributed by atoms with van der Waals surface area (Å²) >= 11 is 0. The first-order valence-corrected chi connectivity index (χ1v) is 18.7. The minimum Gasteiger partial charge on any atom is -0.495 e. The van der Waals surface area contributed by atoms with Crippen LogP contribution in [0, 0.1) is 11.3 Å². The van der Waals surface area contributed by atoms with E-state index in [-0.39, 0.29) is 55.0 Å². The Morgan fingerprint density at radius 2 is 1.86 bits per heavy atom. The maximum absolute atomic E-state index is 13.4. The summed E-state index contributed by atoms with van der Waals surface area (Å²) in [4.78, 5) is 81.1. The number of carbonyl (C=O) groups is 5. The molecule has 4 N–H and O–H groups in total. The average Bonchev–Trinajstić information content (AvgIpc) is 3.95. The van der Waals surface area contributed by atoms with Crippen LogP contribution in [-0.4, -0.2) is 86.2 Å². The molecule has 2 aromatic heterocycles. The van der Waals surface area contributed by atoms with Gasteiger partial charge in [-0.15, -0.1) is 0 Å². The molecule has 2 fully saturated rings. The monoisotopic (exact) mass is 757 g/mol. The van der Waals surface area contributed by atoms with E-state index >= 15 is 0 Å². The number of piperidine rings is 1. The van der Waals surface area contributed by atoms with Gasteiger partial charge in [0, 0.05) is 36.8 Å². The molecular formula is C39H39N11O6. The molecule has 2 aromatic carbocycles. The van der Waals surface area contributed by atoms with Gasteiger partial charge in [0.2, 0.25) is 17.8 Å². The van der Waals surface area contributed by atoms with E-state index < -0.39 is 29.7 Å². The number of rotatable bonds is 11. The van der Waals surface area contributed by atoms with Crippen molar-refractivity contribution in [2.24, 2.45) is 0 Å². The van der Waals surface area contributed by atoms with Gasteiger partial charge in [0.15, 0.2) is 11.5 Å². The van der Waals surface area contributed by atoms with E-state index in [4.69, 9.17) is 9.72 Å². The van der Waals surface area contributed by atoms with Crippen molar-refractivity contribution >= 4 is 52.7 Å². The lowest BCUT2D eigenvalue weighted by atomic mass is 10.0. The number of carbonyl (C=O) groups excluding carboxylic acids is 5. The summed E-state index contributed by atoms with van der Waals surface area (Å²) in [6.07, 6.45) is 8.59. The minimum atomic E-state index is -1.07. The molecule has 5 amide bonds. The van der Waals surface area contributed by atoms with Crippen molar-refractivity contribution < 1.29 is 28.7 Å². The van der Waals surface area contributed by atoms with Gasteiger partial charge in [-0.2, -0.15) is 10.2 Å². The number of benzene rings is 2. The number of imidazole rings is 1. The summed E-state index contributed by atoms with van der Waals surface area (Å²) in [5, 5.41) is 21.3. The van der Waals surface area contributed by atoms with E-state index in [0.717, 1.165) is 54.2 Å². The fourth-order valence-corrected chi connectivity index (χ4v) is 8.21. The molecule has 1 saturated carbocycles. The standard InChI is InChI=1S/C39H39N11O6/c1-3-27-33-26(18-40)44-20-48(33)29-19-43-39(47-34(29)49(27)22-7-4-5-8-22)45-24-12-11-21(17-30(24)56-2)35(52)42-16-15-41-25-10-6-9-23-32(25)38(55)50(37(23)54)28-13-14-31(51)46-36(28)53/h6,9-12,17,19-20,22,27-28,41H,3-5,7-8,13-16H2,1-2H3,(H,42,52)(H,43,45,47)(H,46,51,53)/t27-,28?/m1/s1. The second-order valence-electron chi connectivity index (χ2n) is 14.0. The predicted octanol–water partition coefficient (Wildman–Crippen LogP) is 3.74. The van der Waals surface area contributed by atoms with Crippen molar-refractivity contribution in [1.82, 2.24) is 35.1 Å². The fraction of sp³-hybridized carbons (Fsp3) is 0.359. The molecule has 4 aromatic rings. The van der Waals surface area contributed by atoms with Crippen LogP contribution in [0.25, 0.3) is 5.69 Å². The van der Waals surface area contributed by atoms with Crippen molar-refractivity contribution in [3.8, 4) is 17.5 Å². The average molecular weight is 758 g/mol. The lowest BCUT2D eigenvalue weighted by Gasteiger charge is -2.41. The van der Waals surface area contributed by atoms with Crippen molar-refractivity contribution in [2.45, 2.75) is 70.0 Å². The van der Waals surface area contributed by atoms with Gasteiger partial charge in [-0.1, -0.05) is 25.8 Å². The molecule has 0 bridgehead atoms. The number of methoxy groups -OCH3 is 1. The highest BCUT2D eigenvalue weighted by molar-refractivity contribution is 6.25. The normalized spacial score (nSPS) is 18.9. The summed E-state index contributed by atoms with van der Waals surface area (Å²) in [5.74, 6) is -1.19. The maximum Gasteiger partial charge on any atom is 0.264 e. The molecule has 0 radical (unpaired) electrons. The Labute approximate surface area is 321 Å². The smallest absolute Gasteiger partial charge is 0.264 e. The van der Waals surface area contributed by atoms with Gasteiger partial charge in [-0.25, -0.2) is 9.97 Å². The van der Waals surface area contributed by atoms with Crippen LogP contribution in [0.1, 0.15) is 100 Å². The number of amides is 5. The number of fused-ring (bicyclic) bond motifs is 4. The Balaban J connectivity index is 0.937. The number of aromatic nitrogens is 4. The summed E-state index contributed by atoms with van der Waals surface area (Å²) < 4.78 is 7.58. The number of ether oxygens (including phenoxy) is 1. The number of anilines is 4. The van der Waals surface area contributed by atoms with E-state index in [0.29, 0.717) is 34.3 Å². The number of nitrogens with one attached hydrogen (secondary N) is 4. The first-order valence-electron chi connectivity index (χ1n) is 18.7. The number of nitrogens with zero attached hydrogens (tertiary/aromatic N) is 7. The molecule has 2 atom stereocenters. The zero-order valence-electron chi connectivity index (χ0n) is 30.8. The molecule has 8 rings (SSSR count). The fourth-order valence-electron chi connectivity index (χ4n) is 8.21. The topological polar surface area (TPSA) is 217 Å². The van der Waals surface area contributed by atoms with Crippen molar-refractivity contribution in [3.63, 3.8) is 0 Å². The van der Waals surface area contributed by atoms with Gasteiger partial charge in [0.1, 0.15) is 29.9 Å². The Bertz CT molecular complexity index is 2330. The van der Waals surface area contributed by atoms with Gasteiger partial charge in [0.05, 0.1) is 41.9 Å². The van der Waals surface area contributed by atoms with E-state index in [9.17, 15) is 29.2 Å². The van der Waals surface area contributed by atoms with Gasteiger partial charge in [0.25, 0.3) is 17.7 Å². The third-order valence-corrected chi connectivity index (χ3v) is 10.8. The summed E-state index contributed by atoms with van der Waals surface area (Å²) in [6.45, 7) is 2.51. The number of imide groups is 2. The lowest BCUT2D eigenvalue weighted by Crippen LogP contribution is -2.54. The van der Waals surface area contributed by atoms with Crippen LogP contribution in [0.3, 0.4) is 0 Å². The van der Waals surface area contributed by atoms with E-state index in [2.05, 4.69) is 49.1 Å². The number of hydrogen-bond acceptors (Lipinski definition) is 13. The highest BCUT2D eigenvalue weighted by atomic mass is 16.5. The molecule has 1 aliphatic carbocycles. The number of nitriles is 1. The van der Waals surface area contributed by atoms with Crippen LogP contribution < -0.4 is 30.9 Å². The molecule has 17 heteroatoms. The summed E-state index contributed by atoms with van der Waals surface area (Å²) in [6, 6.07) is 11.2. The van der Waals surface area contributed by atoms with Crippen LogP contribution >= 0.6 is 0 Å². The summed E-state index contributed by atoms with van der Waals surface area (Å²) in [7, 11) is 1.51. The molecule has 5 heterocycles. The first-order chi connectivity index (χ1) is 27.2. The Morgan fingerprint density at radius 1 is 1.04 bits per heavy atom. The first kappa shape index (κ1) is 36.2. The van der Waals surface area contributed by atoms with E-state index in [1.807, 2.05) is 4.57 Å². The second kappa shape index (κ2) is 14.8. The van der Waals surface area contributed by atoms with Crippen LogP contribution in [0.2, 0.25) is 0 Å². The molecule has 56 heavy (non-hydrogen) atoms. The largest absolute Gasteiger partial charge is 0.495 e. The maximum atomic E-state index is 13.4.